The van der Waals surface area contributed by atoms with Crippen molar-refractivity contribution in [3.05, 3.63) is 12.2 Å². The number of hydrogen-bond donors (Lipinski definition) is 20. The fraction of sp³-hybridized carbons (Fsp3) is 0.946. The highest BCUT2D eigenvalue weighted by Crippen LogP contribution is 2.74. The summed E-state index contributed by atoms with van der Waals surface area (Å²) >= 11 is 0. The maximum Gasteiger partial charge on any atom is 0.314 e. The quantitative estimate of drug-likeness (QED) is 0.0344. The summed E-state index contributed by atoms with van der Waals surface area (Å²) in [6, 6.07) is 0. The molecule has 512 valence electrons. The molecule has 0 aromatic rings. The number of carbonyl (C=O) groups excluding carboxylic acids is 1. The summed E-state index contributed by atoms with van der Waals surface area (Å²) in [5.74, 6) is -1.21. The molecule has 0 amide bonds. The predicted octanol–water partition coefficient (Wildman–Crippen LogP) is -9.47. The van der Waals surface area contributed by atoms with E-state index in [1.165, 1.54) is 0 Å². The molecule has 2 bridgehead atoms. The summed E-state index contributed by atoms with van der Waals surface area (Å²) in [6.45, 7) is 3.20. The third-order valence-corrected chi connectivity index (χ3v) is 21.3. The van der Waals surface area contributed by atoms with Crippen LogP contribution in [0.3, 0.4) is 0 Å². The minimum absolute atomic E-state index is 0.0919. The van der Waals surface area contributed by atoms with Crippen molar-refractivity contribution in [1.82, 2.24) is 0 Å². The van der Waals surface area contributed by atoms with Gasteiger partial charge < -0.3 is 159 Å². The summed E-state index contributed by atoms with van der Waals surface area (Å²) in [6.07, 6.45) is -50.1. The first kappa shape index (κ1) is 69.8. The Kier molecular flexibility index (Phi) is 21.4. The van der Waals surface area contributed by atoms with Crippen LogP contribution in [0.1, 0.15) is 71.6 Å². The third kappa shape index (κ3) is 12.3. The number of hydrogen-bond acceptors (Lipinski definition) is 33. The molecule has 6 aliphatic heterocycles. The second-order valence-corrected chi connectivity index (χ2v) is 26.4. The minimum atomic E-state index is -2.07. The normalized spacial score (nSPS) is 54.5. The van der Waals surface area contributed by atoms with Crippen LogP contribution in [0.25, 0.3) is 0 Å². The molecular weight excluding hydrogens is 1200 g/mol. The number of ether oxygens (including phenoxy) is 12. The Morgan fingerprint density at radius 2 is 0.809 bits per heavy atom. The second kappa shape index (κ2) is 27.2. The number of carbonyl (C=O) groups is 1. The largest absolute Gasteiger partial charge is 0.432 e. The van der Waals surface area contributed by atoms with E-state index >= 15 is 0 Å². The number of aliphatic hydroxyl groups excluding tert-OH is 20. The number of esters is 1. The smallest absolute Gasteiger partial charge is 0.314 e. The Hall–Kier alpha value is -2.03. The van der Waals surface area contributed by atoms with Crippen LogP contribution in [0.4, 0.5) is 0 Å². The van der Waals surface area contributed by atoms with Gasteiger partial charge in [0.15, 0.2) is 31.5 Å². The number of rotatable bonds is 18. The molecule has 10 rings (SSSR count). The lowest BCUT2D eigenvalue weighted by Crippen LogP contribution is -2.68. The highest BCUT2D eigenvalue weighted by atomic mass is 16.8. The van der Waals surface area contributed by atoms with Gasteiger partial charge in [-0.2, -0.15) is 0 Å². The molecular formula is C56H90O33. The van der Waals surface area contributed by atoms with Gasteiger partial charge in [-0.3, -0.25) is 4.79 Å². The first-order valence-corrected chi connectivity index (χ1v) is 30.4. The Bertz CT molecular complexity index is 2390. The van der Waals surface area contributed by atoms with Gasteiger partial charge in [0.25, 0.3) is 0 Å². The van der Waals surface area contributed by atoms with Gasteiger partial charge in [0, 0.05) is 0 Å². The van der Waals surface area contributed by atoms with E-state index in [9.17, 15) is 107 Å². The molecule has 0 radical (unpaired) electrons. The zero-order valence-electron chi connectivity index (χ0n) is 49.0. The second-order valence-electron chi connectivity index (χ2n) is 26.4. The average molecular weight is 1290 g/mol. The molecule has 4 saturated carbocycles. The summed E-state index contributed by atoms with van der Waals surface area (Å²) < 4.78 is 71.4. The van der Waals surface area contributed by atoms with Gasteiger partial charge in [-0.15, -0.1) is 0 Å². The lowest BCUT2D eigenvalue weighted by Gasteiger charge is -2.64. The van der Waals surface area contributed by atoms with Gasteiger partial charge in [0.2, 0.25) is 6.29 Å². The fourth-order valence-corrected chi connectivity index (χ4v) is 16.5. The minimum Gasteiger partial charge on any atom is -0.432 e. The molecule has 33 heteroatoms. The van der Waals surface area contributed by atoms with Crippen LogP contribution in [0.2, 0.25) is 0 Å². The van der Waals surface area contributed by atoms with E-state index in [1.807, 2.05) is 0 Å². The van der Waals surface area contributed by atoms with Crippen molar-refractivity contribution in [1.29, 1.82) is 0 Å². The van der Waals surface area contributed by atoms with Crippen LogP contribution < -0.4 is 0 Å². The maximum absolute atomic E-state index is 14.9. The van der Waals surface area contributed by atoms with Crippen molar-refractivity contribution in [3.8, 4) is 0 Å². The summed E-state index contributed by atoms with van der Waals surface area (Å²) in [5.41, 5.74) is -2.91. The van der Waals surface area contributed by atoms with Crippen LogP contribution in [0.15, 0.2) is 12.2 Å². The number of fused-ring (bicyclic) bond motifs is 3. The first-order valence-electron chi connectivity index (χ1n) is 30.4. The molecule has 10 fully saturated rings. The molecule has 10 aliphatic rings. The molecule has 6 heterocycles. The molecule has 31 unspecified atom stereocenters. The Morgan fingerprint density at radius 3 is 1.28 bits per heavy atom. The van der Waals surface area contributed by atoms with Crippen LogP contribution in [-0.4, -0.2) is 338 Å². The molecule has 1 spiro atoms. The van der Waals surface area contributed by atoms with Gasteiger partial charge >= 0.3 is 5.97 Å². The fourth-order valence-electron chi connectivity index (χ4n) is 16.5. The lowest BCUT2D eigenvalue weighted by molar-refractivity contribution is -0.400. The van der Waals surface area contributed by atoms with Crippen LogP contribution in [0.5, 0.6) is 0 Å². The Balaban J connectivity index is 0.830. The summed E-state index contributed by atoms with van der Waals surface area (Å²) in [5, 5.41) is 214. The molecule has 33 nitrogen and oxygen atoms in total. The van der Waals surface area contributed by atoms with Crippen molar-refractivity contribution in [2.75, 3.05) is 39.6 Å². The van der Waals surface area contributed by atoms with E-state index in [0.717, 1.165) is 0 Å². The van der Waals surface area contributed by atoms with Crippen molar-refractivity contribution in [3.63, 3.8) is 0 Å². The van der Waals surface area contributed by atoms with E-state index in [-0.39, 0.29) is 18.3 Å². The van der Waals surface area contributed by atoms with E-state index in [1.54, 1.807) is 6.92 Å². The Labute approximate surface area is 509 Å². The molecule has 89 heavy (non-hydrogen) atoms. The van der Waals surface area contributed by atoms with Crippen LogP contribution >= 0.6 is 0 Å². The zero-order valence-corrected chi connectivity index (χ0v) is 49.0. The molecule has 6 saturated heterocycles. The first-order chi connectivity index (χ1) is 42.1. The monoisotopic (exact) mass is 1290 g/mol. The third-order valence-electron chi connectivity index (χ3n) is 21.3. The standard InChI is InChI=1S/C56H90O33/c1-19-11-55-9-5-26-53(2,7-4-8-54(26,3)52(77)88-50-41(76)36(71)43(25(17-62)83-50)85-49-40(75)35(70)42(24(16-61)82-49)84-46-37(72)32(67)28(63)20(12-57)78-46)27(55)6-10-56(19,18-55)89-51-45(87-48-39(74)34(69)30(65)22(14-59)80-48)44(31(66)23(15-60)81-51)86-47-38(73)33(68)29(64)21(13-58)79-47/h20-51,57-76H,1,4-18H2,2-3H3/t20?,21?,22?,23?,24?,25?,26-,27-,28?,29?,30?,31?,32?,33?,34?,35?,36?,37?,38?,39?,40?,41?,42?,43?,44?,45?,46?,47?,48?,49?,50?,51?,53+,54?,55+,56-/m0/s1. The topological polar surface area (TPSA) is 532 Å². The van der Waals surface area contributed by atoms with Gasteiger partial charge in [-0.1, -0.05) is 19.9 Å². The van der Waals surface area contributed by atoms with Crippen LogP contribution in [0, 0.1) is 28.1 Å². The van der Waals surface area contributed by atoms with E-state index in [0.29, 0.717) is 56.9 Å². The SMILES string of the molecule is C=C1C[C@@]23CC[C@@H]4C(C)(C(=O)OC5OC(CO)C(OC6OC(CO)C(OC7OC(CO)C(O)C(O)C7O)C(O)C6O)C(O)C5O)CCC[C@@]4(C)[C@@H]2CC[C@]1(OC1OC(CO)C(O)C(OC2OC(CO)C(O)C(O)C2O)C1OC1OC(CO)C(O)C(O)C1O)C3. The van der Waals surface area contributed by atoms with E-state index < -0.39 is 252 Å². The van der Waals surface area contributed by atoms with Crippen molar-refractivity contribution >= 4 is 5.97 Å². The van der Waals surface area contributed by atoms with Crippen molar-refractivity contribution in [2.45, 2.75) is 261 Å². The van der Waals surface area contributed by atoms with E-state index in [4.69, 9.17) is 56.8 Å². The predicted molar refractivity (Wildman–Crippen MR) is 284 cm³/mol. The maximum atomic E-state index is 14.9. The number of aliphatic hydroxyl groups is 20. The van der Waals surface area contributed by atoms with Crippen molar-refractivity contribution in [2.24, 2.45) is 28.1 Å². The van der Waals surface area contributed by atoms with E-state index in [2.05, 4.69) is 13.5 Å². The van der Waals surface area contributed by atoms with Gasteiger partial charge in [-0.25, -0.2) is 0 Å². The molecule has 0 aromatic carbocycles. The van der Waals surface area contributed by atoms with Gasteiger partial charge in [-0.05, 0) is 86.5 Å². The molecule has 0 aromatic heterocycles. The van der Waals surface area contributed by atoms with Crippen molar-refractivity contribution < 1.29 is 164 Å². The molecule has 20 N–H and O–H groups in total. The molecule has 36 atom stereocenters. The summed E-state index contributed by atoms with van der Waals surface area (Å²) in [7, 11) is 0. The van der Waals surface area contributed by atoms with Gasteiger partial charge in [0.05, 0.1) is 50.7 Å². The highest BCUT2D eigenvalue weighted by Gasteiger charge is 2.70. The zero-order chi connectivity index (χ0) is 64.7. The Morgan fingerprint density at radius 1 is 0.427 bits per heavy atom. The van der Waals surface area contributed by atoms with Gasteiger partial charge in [0.1, 0.15) is 146 Å². The average Bonchev–Trinajstić information content (AvgIpc) is 1.69. The van der Waals surface area contributed by atoms with Crippen LogP contribution in [-0.2, 0) is 61.6 Å². The molecule has 4 aliphatic carbocycles. The highest BCUT2D eigenvalue weighted by molar-refractivity contribution is 5.77. The summed E-state index contributed by atoms with van der Waals surface area (Å²) in [4.78, 5) is 14.9. The lowest BCUT2D eigenvalue weighted by atomic mass is 9.41.